The third-order valence-electron chi connectivity index (χ3n) is 3.48. The molecule has 0 spiro atoms. The average molecular weight is 279 g/mol. The molecule has 0 saturated heterocycles. The van der Waals surface area contributed by atoms with Gasteiger partial charge in [-0.1, -0.05) is 6.07 Å². The van der Waals surface area contributed by atoms with Gasteiger partial charge in [0.2, 0.25) is 0 Å². The highest BCUT2D eigenvalue weighted by Gasteiger charge is 2.14. The normalized spacial score (nSPS) is 14.2. The van der Waals surface area contributed by atoms with Gasteiger partial charge in [-0.15, -0.1) is 0 Å². The van der Waals surface area contributed by atoms with Crippen molar-refractivity contribution in [3.05, 3.63) is 53.4 Å². The van der Waals surface area contributed by atoms with Crippen LogP contribution < -0.4 is 5.32 Å². The number of nitrogens with zero attached hydrogens (tertiary/aromatic N) is 2. The molecular weight excluding hydrogens is 260 g/mol. The fourth-order valence-corrected chi connectivity index (χ4v) is 1.98. The van der Waals surface area contributed by atoms with E-state index in [0.29, 0.717) is 6.54 Å². The second-order valence-corrected chi connectivity index (χ2v) is 5.16. The summed E-state index contributed by atoms with van der Waals surface area (Å²) in [5, 5.41) is 7.59. The molecule has 0 bridgehead atoms. The van der Waals surface area contributed by atoms with Gasteiger partial charge in [0, 0.05) is 18.8 Å². The molecule has 108 valence electrons. The number of aromatic nitrogens is 2. The van der Waals surface area contributed by atoms with Crippen LogP contribution in [0.25, 0.3) is 0 Å². The molecule has 0 amide bonds. The van der Waals surface area contributed by atoms with Crippen molar-refractivity contribution in [3.8, 4) is 0 Å². The van der Waals surface area contributed by atoms with Crippen LogP contribution in [0.1, 0.15) is 31.0 Å². The molecule has 20 heavy (non-hydrogen) atoms. The van der Waals surface area contributed by atoms with Gasteiger partial charge in [0.05, 0.1) is 12.2 Å². The highest BCUT2D eigenvalue weighted by atomic mass is 19.2. The summed E-state index contributed by atoms with van der Waals surface area (Å²) in [4.78, 5) is 0. The molecule has 0 radical (unpaired) electrons. The first-order valence-corrected chi connectivity index (χ1v) is 6.65. The fourth-order valence-electron chi connectivity index (χ4n) is 1.98. The van der Waals surface area contributed by atoms with E-state index in [9.17, 15) is 8.78 Å². The van der Waals surface area contributed by atoms with E-state index in [-0.39, 0.29) is 12.1 Å². The van der Waals surface area contributed by atoms with Gasteiger partial charge in [-0.25, -0.2) is 8.78 Å². The van der Waals surface area contributed by atoms with Crippen molar-refractivity contribution in [1.82, 2.24) is 15.1 Å². The first kappa shape index (κ1) is 14.7. The Morgan fingerprint density at radius 2 is 2.00 bits per heavy atom. The van der Waals surface area contributed by atoms with E-state index >= 15 is 0 Å². The smallest absolute Gasteiger partial charge is 0.159 e. The van der Waals surface area contributed by atoms with Gasteiger partial charge in [-0.05, 0) is 44.0 Å². The summed E-state index contributed by atoms with van der Waals surface area (Å²) in [6.07, 6.45) is 3.80. The summed E-state index contributed by atoms with van der Waals surface area (Å²) in [6.45, 7) is 6.59. The van der Waals surface area contributed by atoms with Gasteiger partial charge in [0.25, 0.3) is 0 Å². The summed E-state index contributed by atoms with van der Waals surface area (Å²) in [7, 11) is 0. The third kappa shape index (κ3) is 3.42. The summed E-state index contributed by atoms with van der Waals surface area (Å²) < 4.78 is 27.9. The maximum atomic E-state index is 13.1. The van der Waals surface area contributed by atoms with Crippen LogP contribution in [0.5, 0.6) is 0 Å². The minimum absolute atomic E-state index is 0.155. The summed E-state index contributed by atoms with van der Waals surface area (Å²) in [5.41, 5.74) is 1.84. The molecule has 2 atom stereocenters. The lowest BCUT2D eigenvalue weighted by Crippen LogP contribution is -2.33. The average Bonchev–Trinajstić information content (AvgIpc) is 2.85. The van der Waals surface area contributed by atoms with E-state index < -0.39 is 11.6 Å². The van der Waals surface area contributed by atoms with Crippen molar-refractivity contribution in [2.24, 2.45) is 0 Å². The van der Waals surface area contributed by atoms with Gasteiger partial charge < -0.3 is 5.32 Å². The minimum Gasteiger partial charge on any atom is -0.308 e. The van der Waals surface area contributed by atoms with Crippen LogP contribution in [0.2, 0.25) is 0 Å². The molecule has 5 heteroatoms. The van der Waals surface area contributed by atoms with E-state index in [2.05, 4.69) is 17.3 Å². The fraction of sp³-hybridized carbons (Fsp3) is 0.400. The van der Waals surface area contributed by atoms with Crippen LogP contribution in [-0.4, -0.2) is 15.8 Å². The number of hydrogen-bond donors (Lipinski definition) is 1. The molecule has 1 aromatic carbocycles. The Morgan fingerprint density at radius 3 is 2.60 bits per heavy atom. The molecular formula is C15H19F2N3. The number of halogens is 2. The number of benzene rings is 1. The van der Waals surface area contributed by atoms with Crippen LogP contribution in [0.4, 0.5) is 8.78 Å². The predicted octanol–water partition coefficient (Wildman–Crippen LogP) is 3.21. The van der Waals surface area contributed by atoms with Crippen molar-refractivity contribution < 1.29 is 8.78 Å². The Labute approximate surface area is 117 Å². The number of rotatable bonds is 5. The van der Waals surface area contributed by atoms with Gasteiger partial charge in [-0.3, -0.25) is 4.68 Å². The monoisotopic (exact) mass is 279 g/mol. The van der Waals surface area contributed by atoms with Crippen molar-refractivity contribution in [3.63, 3.8) is 0 Å². The third-order valence-corrected chi connectivity index (χ3v) is 3.48. The van der Waals surface area contributed by atoms with E-state index in [0.717, 1.165) is 17.2 Å². The Morgan fingerprint density at radius 1 is 1.25 bits per heavy atom. The van der Waals surface area contributed by atoms with Crippen LogP contribution in [0.3, 0.4) is 0 Å². The van der Waals surface area contributed by atoms with Crippen molar-refractivity contribution >= 4 is 0 Å². The van der Waals surface area contributed by atoms with Crippen LogP contribution in [0.15, 0.2) is 30.6 Å². The molecule has 2 rings (SSSR count). The molecule has 1 heterocycles. The maximum Gasteiger partial charge on any atom is 0.159 e. The van der Waals surface area contributed by atoms with Crippen LogP contribution in [-0.2, 0) is 6.54 Å². The van der Waals surface area contributed by atoms with Crippen molar-refractivity contribution in [2.75, 3.05) is 0 Å². The van der Waals surface area contributed by atoms with E-state index in [1.165, 1.54) is 6.07 Å². The van der Waals surface area contributed by atoms with Crippen molar-refractivity contribution in [1.29, 1.82) is 0 Å². The van der Waals surface area contributed by atoms with Gasteiger partial charge in [-0.2, -0.15) is 5.10 Å². The first-order chi connectivity index (χ1) is 9.47. The zero-order valence-corrected chi connectivity index (χ0v) is 11.9. The molecule has 0 aliphatic heterocycles. The largest absolute Gasteiger partial charge is 0.308 e. The zero-order chi connectivity index (χ0) is 14.7. The molecule has 0 aliphatic rings. The summed E-state index contributed by atoms with van der Waals surface area (Å²) in [6, 6.07) is 4.28. The molecule has 0 aliphatic carbocycles. The lowest BCUT2D eigenvalue weighted by atomic mass is 10.1. The quantitative estimate of drug-likeness (QED) is 0.910. The topological polar surface area (TPSA) is 29.9 Å². The predicted molar refractivity (Wildman–Crippen MR) is 74.3 cm³/mol. The molecule has 1 N–H and O–H groups in total. The second kappa shape index (κ2) is 6.13. The first-order valence-electron chi connectivity index (χ1n) is 6.65. The lowest BCUT2D eigenvalue weighted by molar-refractivity contribution is 0.364. The second-order valence-electron chi connectivity index (χ2n) is 5.16. The van der Waals surface area contributed by atoms with E-state index in [1.807, 2.05) is 30.9 Å². The maximum absolute atomic E-state index is 13.1. The molecule has 0 unspecified atom stereocenters. The Hall–Kier alpha value is -1.75. The summed E-state index contributed by atoms with van der Waals surface area (Å²) >= 11 is 0. The van der Waals surface area contributed by atoms with Gasteiger partial charge >= 0.3 is 0 Å². The highest BCUT2D eigenvalue weighted by molar-refractivity contribution is 5.17. The number of aryl methyl sites for hydroxylation is 1. The minimum atomic E-state index is -0.817. The molecule has 0 saturated carbocycles. The van der Waals surface area contributed by atoms with Gasteiger partial charge in [0.15, 0.2) is 11.6 Å². The Bertz CT molecular complexity index is 580. The van der Waals surface area contributed by atoms with Crippen LogP contribution >= 0.6 is 0 Å². The number of nitrogens with one attached hydrogen (secondary N) is 1. The van der Waals surface area contributed by atoms with Gasteiger partial charge in [0.1, 0.15) is 0 Å². The van der Waals surface area contributed by atoms with E-state index in [1.54, 1.807) is 6.07 Å². The zero-order valence-electron chi connectivity index (χ0n) is 11.9. The molecule has 0 fully saturated rings. The van der Waals surface area contributed by atoms with E-state index in [4.69, 9.17) is 0 Å². The Kier molecular flexibility index (Phi) is 4.49. The summed E-state index contributed by atoms with van der Waals surface area (Å²) in [5.74, 6) is -1.63. The van der Waals surface area contributed by atoms with Crippen LogP contribution in [0, 0.1) is 18.6 Å². The Balaban J connectivity index is 1.94. The molecule has 2 aromatic rings. The number of hydrogen-bond acceptors (Lipinski definition) is 2. The SMILES string of the molecule is Cc1cnn([C@H](C)[C@H](C)NCc2ccc(F)c(F)c2)c1. The molecule has 1 aromatic heterocycles. The lowest BCUT2D eigenvalue weighted by Gasteiger charge is -2.22. The highest BCUT2D eigenvalue weighted by Crippen LogP contribution is 2.13. The molecule has 3 nitrogen and oxygen atoms in total. The van der Waals surface area contributed by atoms with Crippen molar-refractivity contribution in [2.45, 2.75) is 39.4 Å². The standard InChI is InChI=1S/C15H19F2N3/c1-10-7-19-20(9-10)12(3)11(2)18-8-13-4-5-14(16)15(17)6-13/h4-7,9,11-12,18H,8H2,1-3H3/t11-,12+/m0/s1.